The Balaban J connectivity index is 0.000000183. The Hall–Kier alpha value is -1.71. The minimum atomic E-state index is 0. The van der Waals surface area contributed by atoms with Crippen molar-refractivity contribution < 1.29 is 9.52 Å². The van der Waals surface area contributed by atoms with E-state index in [9.17, 15) is 0 Å². The van der Waals surface area contributed by atoms with Gasteiger partial charge in [-0.2, -0.15) is 0 Å². The lowest BCUT2D eigenvalue weighted by Crippen LogP contribution is -2.11. The molecule has 19 heavy (non-hydrogen) atoms. The summed E-state index contributed by atoms with van der Waals surface area (Å²) in [5.41, 5.74) is 2.65. The molecule has 102 valence electrons. The number of furan rings is 2. The first-order valence-corrected chi connectivity index (χ1v) is 6.05. The molecule has 0 amide bonds. The standard InChI is InChI=1S/C9H13N.C6H4O2.ClH/c1-2-10-8-9-6-4-3-5-7-9;7-5-3-4-1-2-6(5)8-4;/h3-7,10H,2,8H2,1H3;1-3,7H;1H. The smallest absolute Gasteiger partial charge is 0.169 e. The van der Waals surface area contributed by atoms with Crippen molar-refractivity contribution in [2.24, 2.45) is 0 Å². The molecule has 4 heteroatoms. The molecule has 2 N–H and O–H groups in total. The highest BCUT2D eigenvalue weighted by Gasteiger charge is 2.02. The summed E-state index contributed by atoms with van der Waals surface area (Å²) >= 11 is 0. The van der Waals surface area contributed by atoms with E-state index < -0.39 is 0 Å². The summed E-state index contributed by atoms with van der Waals surface area (Å²) in [7, 11) is 0. The fourth-order valence-electron chi connectivity index (χ4n) is 1.64. The van der Waals surface area contributed by atoms with Gasteiger partial charge in [0.1, 0.15) is 5.58 Å². The summed E-state index contributed by atoms with van der Waals surface area (Å²) in [4.78, 5) is 0. The van der Waals surface area contributed by atoms with Crippen LogP contribution in [0.5, 0.6) is 5.75 Å². The molecule has 0 saturated heterocycles. The van der Waals surface area contributed by atoms with E-state index in [4.69, 9.17) is 9.52 Å². The van der Waals surface area contributed by atoms with Crippen LogP contribution in [-0.4, -0.2) is 11.7 Å². The zero-order valence-corrected chi connectivity index (χ0v) is 11.6. The van der Waals surface area contributed by atoms with Crippen molar-refractivity contribution in [3.63, 3.8) is 0 Å². The first-order valence-electron chi connectivity index (χ1n) is 6.05. The molecule has 0 aliphatic rings. The van der Waals surface area contributed by atoms with Crippen molar-refractivity contribution in [2.75, 3.05) is 6.54 Å². The van der Waals surface area contributed by atoms with Crippen LogP contribution in [0.1, 0.15) is 12.5 Å². The highest BCUT2D eigenvalue weighted by atomic mass is 35.5. The van der Waals surface area contributed by atoms with Crippen LogP contribution in [0.15, 0.2) is 52.9 Å². The average molecular weight is 280 g/mol. The molecule has 0 spiro atoms. The molecule has 2 heterocycles. The average Bonchev–Trinajstić information content (AvgIpc) is 3.00. The van der Waals surface area contributed by atoms with Gasteiger partial charge in [0.2, 0.25) is 0 Å². The molecule has 0 atom stereocenters. The molecule has 3 nitrogen and oxygen atoms in total. The fourth-order valence-corrected chi connectivity index (χ4v) is 1.64. The van der Waals surface area contributed by atoms with Crippen molar-refractivity contribution in [3.8, 4) is 5.75 Å². The lowest BCUT2D eigenvalue weighted by atomic mass is 10.2. The molecule has 0 saturated carbocycles. The van der Waals surface area contributed by atoms with Gasteiger partial charge in [-0.3, -0.25) is 0 Å². The highest BCUT2D eigenvalue weighted by molar-refractivity contribution is 5.85. The Morgan fingerprint density at radius 3 is 2.26 bits per heavy atom. The third-order valence-electron chi connectivity index (χ3n) is 2.58. The van der Waals surface area contributed by atoms with Crippen LogP contribution < -0.4 is 5.32 Å². The zero-order valence-electron chi connectivity index (χ0n) is 10.8. The molecule has 1 aromatic carbocycles. The molecule has 0 aliphatic carbocycles. The number of hydrogen-bond donors (Lipinski definition) is 2. The monoisotopic (exact) mass is 279 g/mol. The van der Waals surface area contributed by atoms with E-state index in [0.29, 0.717) is 5.58 Å². The van der Waals surface area contributed by atoms with E-state index >= 15 is 0 Å². The first kappa shape index (κ1) is 15.3. The molecular formula is C15H18ClNO2. The Kier molecular flexibility index (Phi) is 6.19. The fraction of sp³-hybridized carbons (Fsp3) is 0.200. The summed E-state index contributed by atoms with van der Waals surface area (Å²) in [6.45, 7) is 4.13. The number of phenols is 1. The number of aromatic hydroxyl groups is 1. The number of rotatable bonds is 3. The number of nitrogens with one attached hydrogen (secondary N) is 1. The van der Waals surface area contributed by atoms with Gasteiger partial charge in [-0.05, 0) is 24.2 Å². The van der Waals surface area contributed by atoms with Crippen LogP contribution in [0.3, 0.4) is 0 Å². The van der Waals surface area contributed by atoms with Gasteiger partial charge >= 0.3 is 0 Å². The Morgan fingerprint density at radius 2 is 1.84 bits per heavy atom. The van der Waals surface area contributed by atoms with Gasteiger partial charge in [0.15, 0.2) is 11.3 Å². The van der Waals surface area contributed by atoms with Crippen LogP contribution in [0.4, 0.5) is 0 Å². The molecule has 3 rings (SSSR count). The first-order chi connectivity index (χ1) is 8.79. The third kappa shape index (κ3) is 4.47. The predicted molar refractivity (Wildman–Crippen MR) is 80.1 cm³/mol. The normalized spacial score (nSPS) is 9.74. The molecule has 0 fully saturated rings. The lowest BCUT2D eigenvalue weighted by Gasteiger charge is -1.99. The second-order valence-electron chi connectivity index (χ2n) is 4.00. The SMILES string of the molecule is CCNCc1ccccc1.Cl.Oc1cc2ccc1o2. The van der Waals surface area contributed by atoms with Gasteiger partial charge in [0, 0.05) is 12.6 Å². The number of halogens is 1. The van der Waals surface area contributed by atoms with E-state index in [0.717, 1.165) is 18.7 Å². The Bertz CT molecular complexity index is 565. The maximum Gasteiger partial charge on any atom is 0.169 e. The van der Waals surface area contributed by atoms with Crippen LogP contribution in [0, 0.1) is 0 Å². The van der Waals surface area contributed by atoms with Gasteiger partial charge < -0.3 is 14.8 Å². The second kappa shape index (κ2) is 7.67. The van der Waals surface area contributed by atoms with Gasteiger partial charge in [0.05, 0.1) is 0 Å². The van der Waals surface area contributed by atoms with Crippen LogP contribution in [0.2, 0.25) is 0 Å². The van der Waals surface area contributed by atoms with Gasteiger partial charge in [0.25, 0.3) is 0 Å². The highest BCUT2D eigenvalue weighted by Crippen LogP contribution is 2.26. The van der Waals surface area contributed by atoms with Crippen molar-refractivity contribution in [3.05, 3.63) is 54.1 Å². The van der Waals surface area contributed by atoms with Gasteiger partial charge in [-0.1, -0.05) is 37.3 Å². The molecule has 0 radical (unpaired) electrons. The minimum Gasteiger partial charge on any atom is -0.504 e. The van der Waals surface area contributed by atoms with E-state index in [1.165, 1.54) is 5.56 Å². The van der Waals surface area contributed by atoms with Crippen molar-refractivity contribution in [1.82, 2.24) is 5.32 Å². The molecule has 0 aliphatic heterocycles. The largest absolute Gasteiger partial charge is 0.504 e. The summed E-state index contributed by atoms with van der Waals surface area (Å²) < 4.78 is 4.96. The molecule has 2 bridgehead atoms. The van der Waals surface area contributed by atoms with E-state index in [1.54, 1.807) is 12.1 Å². The predicted octanol–water partition coefficient (Wildman–Crippen LogP) is 3.79. The van der Waals surface area contributed by atoms with Crippen molar-refractivity contribution in [2.45, 2.75) is 13.5 Å². The molecule has 2 aromatic heterocycles. The maximum atomic E-state index is 8.85. The zero-order chi connectivity index (χ0) is 12.8. The van der Waals surface area contributed by atoms with Crippen molar-refractivity contribution in [1.29, 1.82) is 0 Å². The second-order valence-corrected chi connectivity index (χ2v) is 4.00. The topological polar surface area (TPSA) is 45.4 Å². The lowest BCUT2D eigenvalue weighted by molar-refractivity contribution is 0.476. The summed E-state index contributed by atoms with van der Waals surface area (Å²) in [5.74, 6) is 0.238. The van der Waals surface area contributed by atoms with Gasteiger partial charge in [-0.25, -0.2) is 0 Å². The van der Waals surface area contributed by atoms with E-state index in [2.05, 4.69) is 36.5 Å². The van der Waals surface area contributed by atoms with E-state index in [-0.39, 0.29) is 18.2 Å². The number of fused-ring (bicyclic) bond motifs is 2. The van der Waals surface area contributed by atoms with E-state index in [1.807, 2.05) is 12.1 Å². The molecule has 3 aromatic rings. The third-order valence-corrected chi connectivity index (χ3v) is 2.58. The Labute approximate surface area is 119 Å². The maximum absolute atomic E-state index is 8.85. The Morgan fingerprint density at radius 1 is 1.11 bits per heavy atom. The van der Waals surface area contributed by atoms with Crippen LogP contribution >= 0.6 is 12.4 Å². The quantitative estimate of drug-likeness (QED) is 0.767. The summed E-state index contributed by atoms with van der Waals surface area (Å²) in [6, 6.07) is 15.6. The summed E-state index contributed by atoms with van der Waals surface area (Å²) in [6.07, 6.45) is 0. The van der Waals surface area contributed by atoms with Gasteiger partial charge in [-0.15, -0.1) is 12.4 Å². The van der Waals surface area contributed by atoms with Crippen LogP contribution in [0.25, 0.3) is 11.2 Å². The molecule has 0 unspecified atom stereocenters. The van der Waals surface area contributed by atoms with Crippen molar-refractivity contribution >= 4 is 23.6 Å². The number of benzene rings is 2. The van der Waals surface area contributed by atoms with Crippen LogP contribution in [-0.2, 0) is 6.54 Å². The minimum absolute atomic E-state index is 0. The summed E-state index contributed by atoms with van der Waals surface area (Å²) in [5, 5.41) is 12.1. The molecular weight excluding hydrogens is 262 g/mol. The number of hydrogen-bond acceptors (Lipinski definition) is 3. The number of phenolic OH excluding ortho intramolecular Hbond substituents is 1.